The molecule has 1 fully saturated rings. The Labute approximate surface area is 209 Å². The van der Waals surface area contributed by atoms with E-state index in [-0.39, 0.29) is 12.5 Å². The number of aromatic nitrogens is 3. The molecule has 10 heteroatoms. The first-order valence-electron chi connectivity index (χ1n) is 11.6. The highest BCUT2D eigenvalue weighted by atomic mass is 32.2. The van der Waals surface area contributed by atoms with Crippen LogP contribution in [0.3, 0.4) is 0 Å². The van der Waals surface area contributed by atoms with Crippen LogP contribution in [-0.4, -0.2) is 75.6 Å². The van der Waals surface area contributed by atoms with Crippen molar-refractivity contribution in [3.63, 3.8) is 0 Å². The molecule has 3 aromatic rings. The van der Waals surface area contributed by atoms with E-state index in [2.05, 4.69) is 22.0 Å². The molecule has 1 aliphatic heterocycles. The summed E-state index contributed by atoms with van der Waals surface area (Å²) in [4.78, 5) is 17.3. The third kappa shape index (κ3) is 5.94. The van der Waals surface area contributed by atoms with E-state index in [1.54, 1.807) is 54.1 Å². The van der Waals surface area contributed by atoms with Crippen molar-refractivity contribution in [1.82, 2.24) is 24.6 Å². The molecule has 1 saturated heterocycles. The fourth-order valence-electron chi connectivity index (χ4n) is 3.92. The van der Waals surface area contributed by atoms with Crippen molar-refractivity contribution in [2.75, 3.05) is 39.8 Å². The summed E-state index contributed by atoms with van der Waals surface area (Å²) in [5, 5.41) is 8.62. The number of benzene rings is 2. The van der Waals surface area contributed by atoms with Gasteiger partial charge in [-0.25, -0.2) is 4.39 Å². The summed E-state index contributed by atoms with van der Waals surface area (Å²) in [5.74, 6) is 1.42. The maximum Gasteiger partial charge on any atom is 0.235 e. The summed E-state index contributed by atoms with van der Waals surface area (Å²) in [6.45, 7) is 8.20. The number of amides is 1. The quantitative estimate of drug-likeness (QED) is 0.416. The van der Waals surface area contributed by atoms with Gasteiger partial charge < -0.3 is 19.3 Å². The molecule has 1 amide bonds. The SMILES string of the molecule is CCN1CCN(C(=O)C(C)Sc2nnc(COc3ccc(OC)cc3)n2-c2ccccc2F)CC1. The Morgan fingerprint density at radius 2 is 1.74 bits per heavy atom. The largest absolute Gasteiger partial charge is 0.497 e. The number of halogens is 1. The lowest BCUT2D eigenvalue weighted by molar-refractivity contribution is -0.132. The molecule has 186 valence electrons. The summed E-state index contributed by atoms with van der Waals surface area (Å²) >= 11 is 1.28. The van der Waals surface area contributed by atoms with Gasteiger partial charge in [-0.1, -0.05) is 30.8 Å². The fraction of sp³-hybridized carbons (Fsp3) is 0.400. The summed E-state index contributed by atoms with van der Waals surface area (Å²) < 4.78 is 27.5. The van der Waals surface area contributed by atoms with E-state index in [1.165, 1.54) is 17.8 Å². The molecule has 35 heavy (non-hydrogen) atoms. The van der Waals surface area contributed by atoms with E-state index < -0.39 is 11.1 Å². The highest BCUT2D eigenvalue weighted by Gasteiger charge is 2.28. The van der Waals surface area contributed by atoms with Gasteiger partial charge in [-0.15, -0.1) is 10.2 Å². The first-order chi connectivity index (χ1) is 17.0. The highest BCUT2D eigenvalue weighted by Crippen LogP contribution is 2.29. The number of likely N-dealkylation sites (N-methyl/N-ethyl adjacent to an activating group) is 1. The minimum atomic E-state index is -0.408. The zero-order chi connectivity index (χ0) is 24.8. The van der Waals surface area contributed by atoms with Crippen LogP contribution in [0.25, 0.3) is 5.69 Å². The molecular weight excluding hydrogens is 469 g/mol. The van der Waals surface area contributed by atoms with Crippen molar-refractivity contribution >= 4 is 17.7 Å². The average molecular weight is 500 g/mol. The normalized spacial score (nSPS) is 15.1. The van der Waals surface area contributed by atoms with E-state index in [4.69, 9.17) is 9.47 Å². The number of carbonyl (C=O) groups is 1. The molecule has 4 rings (SSSR count). The standard InChI is InChI=1S/C25H30FN5O3S/c1-4-29-13-15-30(16-14-29)24(32)18(2)35-25-28-27-23(31(25)22-8-6-5-7-21(22)26)17-34-20-11-9-19(33-3)10-12-20/h5-12,18H,4,13-17H2,1-3H3. The van der Waals surface area contributed by atoms with E-state index in [1.807, 2.05) is 11.8 Å². The van der Waals surface area contributed by atoms with Crippen LogP contribution in [0.2, 0.25) is 0 Å². The van der Waals surface area contributed by atoms with Crippen LogP contribution in [0.15, 0.2) is 53.7 Å². The van der Waals surface area contributed by atoms with Gasteiger partial charge in [0, 0.05) is 26.2 Å². The van der Waals surface area contributed by atoms with Crippen molar-refractivity contribution < 1.29 is 18.7 Å². The number of hydrogen-bond acceptors (Lipinski definition) is 7. The summed E-state index contributed by atoms with van der Waals surface area (Å²) in [6, 6.07) is 13.6. The third-order valence-corrected chi connectivity index (χ3v) is 7.01. The maximum absolute atomic E-state index is 14.8. The van der Waals surface area contributed by atoms with Gasteiger partial charge in [-0.2, -0.15) is 0 Å². The van der Waals surface area contributed by atoms with Gasteiger partial charge in [-0.3, -0.25) is 9.36 Å². The van der Waals surface area contributed by atoms with Crippen molar-refractivity contribution in [3.8, 4) is 17.2 Å². The molecule has 1 aliphatic rings. The van der Waals surface area contributed by atoms with Crippen molar-refractivity contribution in [1.29, 1.82) is 0 Å². The van der Waals surface area contributed by atoms with Crippen LogP contribution in [-0.2, 0) is 11.4 Å². The molecule has 0 aliphatic carbocycles. The van der Waals surface area contributed by atoms with Gasteiger partial charge in [0.1, 0.15) is 23.9 Å². The van der Waals surface area contributed by atoms with Crippen LogP contribution in [0.5, 0.6) is 11.5 Å². The van der Waals surface area contributed by atoms with Gasteiger partial charge >= 0.3 is 0 Å². The number of hydrogen-bond donors (Lipinski definition) is 0. The summed E-state index contributed by atoms with van der Waals surface area (Å²) in [6.07, 6.45) is 0. The predicted molar refractivity (Wildman–Crippen MR) is 133 cm³/mol. The monoisotopic (exact) mass is 499 g/mol. The second-order valence-electron chi connectivity index (χ2n) is 8.17. The zero-order valence-corrected chi connectivity index (χ0v) is 21.0. The summed E-state index contributed by atoms with van der Waals surface area (Å²) in [7, 11) is 1.60. The van der Waals surface area contributed by atoms with Crippen LogP contribution >= 0.6 is 11.8 Å². The second kappa shape index (κ2) is 11.5. The Morgan fingerprint density at radius 1 is 1.06 bits per heavy atom. The minimum Gasteiger partial charge on any atom is -0.497 e. The number of rotatable bonds is 9. The molecule has 1 unspecified atom stereocenters. The van der Waals surface area contributed by atoms with Crippen LogP contribution in [0.1, 0.15) is 19.7 Å². The molecule has 0 N–H and O–H groups in total. The molecular formula is C25H30FN5O3S. The Bertz CT molecular complexity index is 1130. The van der Waals surface area contributed by atoms with Crippen LogP contribution < -0.4 is 9.47 Å². The van der Waals surface area contributed by atoms with Gasteiger partial charge in [-0.05, 0) is 49.9 Å². The Kier molecular flexibility index (Phi) is 8.25. The van der Waals surface area contributed by atoms with E-state index in [0.29, 0.717) is 35.5 Å². The van der Waals surface area contributed by atoms with Crippen LogP contribution in [0, 0.1) is 5.82 Å². The smallest absolute Gasteiger partial charge is 0.235 e. The molecule has 0 spiro atoms. The Balaban J connectivity index is 1.53. The number of ether oxygens (including phenoxy) is 2. The Hall–Kier alpha value is -3.11. The molecule has 0 bridgehead atoms. The molecule has 0 saturated carbocycles. The minimum absolute atomic E-state index is 0.0462. The number of nitrogens with zero attached hydrogens (tertiary/aromatic N) is 5. The van der Waals surface area contributed by atoms with Crippen LogP contribution in [0.4, 0.5) is 4.39 Å². The van der Waals surface area contributed by atoms with Gasteiger partial charge in [0.25, 0.3) is 0 Å². The molecule has 8 nitrogen and oxygen atoms in total. The second-order valence-corrected chi connectivity index (χ2v) is 9.48. The third-order valence-electron chi connectivity index (χ3n) is 5.98. The lowest BCUT2D eigenvalue weighted by Gasteiger charge is -2.35. The van der Waals surface area contributed by atoms with Crippen molar-refractivity contribution in [2.45, 2.75) is 30.9 Å². The van der Waals surface area contributed by atoms with E-state index >= 15 is 0 Å². The van der Waals surface area contributed by atoms with Crippen molar-refractivity contribution in [3.05, 3.63) is 60.2 Å². The zero-order valence-electron chi connectivity index (χ0n) is 20.2. The van der Waals surface area contributed by atoms with E-state index in [9.17, 15) is 9.18 Å². The lowest BCUT2D eigenvalue weighted by atomic mass is 10.3. The number of thioether (sulfide) groups is 1. The van der Waals surface area contributed by atoms with Gasteiger partial charge in [0.05, 0.1) is 18.0 Å². The molecule has 2 aromatic carbocycles. The van der Waals surface area contributed by atoms with Gasteiger partial charge in [0.15, 0.2) is 11.0 Å². The highest BCUT2D eigenvalue weighted by molar-refractivity contribution is 8.00. The fourth-order valence-corrected chi connectivity index (χ4v) is 4.88. The average Bonchev–Trinajstić information content (AvgIpc) is 3.29. The molecule has 0 radical (unpaired) electrons. The molecule has 2 heterocycles. The van der Waals surface area contributed by atoms with Crippen molar-refractivity contribution in [2.24, 2.45) is 0 Å². The first-order valence-corrected chi connectivity index (χ1v) is 12.5. The topological polar surface area (TPSA) is 72.7 Å². The summed E-state index contributed by atoms with van der Waals surface area (Å²) in [5.41, 5.74) is 0.310. The number of methoxy groups -OCH3 is 1. The lowest BCUT2D eigenvalue weighted by Crippen LogP contribution is -2.50. The maximum atomic E-state index is 14.8. The van der Waals surface area contributed by atoms with E-state index in [0.717, 1.165) is 25.4 Å². The molecule has 1 aromatic heterocycles. The number of carbonyl (C=O) groups excluding carboxylic acids is 1. The van der Waals surface area contributed by atoms with Gasteiger partial charge in [0.2, 0.25) is 5.91 Å². The molecule has 1 atom stereocenters. The number of piperazine rings is 1. The number of para-hydroxylation sites is 1. The Morgan fingerprint density at radius 3 is 2.40 bits per heavy atom. The first kappa shape index (κ1) is 25.0. The predicted octanol–water partition coefficient (Wildman–Crippen LogP) is 3.64.